The van der Waals surface area contributed by atoms with E-state index in [1.165, 1.54) is 14.2 Å². The smallest absolute Gasteiger partial charge is 0.264 e. The SMILES string of the molecule is COc1ccc(Oc2cc3c(=O)n4c5ccccc5nc4c4cc(Oc5ccc(OC)c(OC)c5)c5c6c(Oc7ccc(OC)c(OC)c7)cc7c8c(cc(Oc9ccc(OC)c(OC)c9)c(c2c5c34)c68)c(=O)n2c3ccccc3nc72)cc1OC. The maximum absolute atomic E-state index is 15.9. The topological polar surface area (TPSA) is 180 Å². The van der Waals surface area contributed by atoms with Gasteiger partial charge in [-0.2, -0.15) is 0 Å². The molecular formula is C68H48N4O14. The molecule has 0 fully saturated rings. The van der Waals surface area contributed by atoms with Gasteiger partial charge in [-0.15, -0.1) is 0 Å². The standard InChI is InChI=1S/C68H48N4O14/c1-75-45-21-17-33(25-49(45)79-5)83-53-29-37-57-39(67(73)71-43-15-11-9-13-41(43)69-65(37)71)31-55(85-35-19-23-47(77-3)51(27-35)81-7)61-62-56(86-36-20-24-48(78-4)52(28-36)82-8)32-40-58-38(66-70-42-14-10-12-16-44(42)72(66)68(40)74)30-54(60(64(58)62)59(53)63(57)61)84-34-18-22-46(76-2)50(26-34)80-6/h9-32H,1-8H3. The molecule has 15 rings (SSSR count). The summed E-state index contributed by atoms with van der Waals surface area (Å²) in [7, 11) is 12.4. The minimum atomic E-state index is -0.367. The second kappa shape index (κ2) is 19.6. The highest BCUT2D eigenvalue weighted by Crippen LogP contribution is 2.58. The molecular weight excluding hydrogens is 1100 g/mol. The molecule has 0 amide bonds. The Morgan fingerprint density at radius 2 is 0.558 bits per heavy atom. The van der Waals surface area contributed by atoms with Gasteiger partial charge in [0.25, 0.3) is 11.1 Å². The Bertz CT molecular complexity index is 5080. The second-order valence-electron chi connectivity index (χ2n) is 20.3. The molecule has 0 aliphatic rings. The van der Waals surface area contributed by atoms with Gasteiger partial charge >= 0.3 is 0 Å². The third-order valence-corrected chi connectivity index (χ3v) is 16.0. The van der Waals surface area contributed by atoms with Crippen LogP contribution < -0.4 is 68.0 Å². The molecule has 18 heteroatoms. The first-order valence-corrected chi connectivity index (χ1v) is 27.1. The molecule has 0 unspecified atom stereocenters. The minimum Gasteiger partial charge on any atom is -0.493 e. The van der Waals surface area contributed by atoms with E-state index >= 15 is 9.59 Å². The van der Waals surface area contributed by atoms with Gasteiger partial charge in [0.05, 0.1) is 89.7 Å². The van der Waals surface area contributed by atoms with E-state index in [0.717, 1.165) is 0 Å². The van der Waals surface area contributed by atoms with Gasteiger partial charge in [-0.25, -0.2) is 9.97 Å². The summed E-state index contributed by atoms with van der Waals surface area (Å²) < 4.78 is 78.5. The lowest BCUT2D eigenvalue weighted by molar-refractivity contribution is 0.352. The molecule has 0 bridgehead atoms. The summed E-state index contributed by atoms with van der Waals surface area (Å²) >= 11 is 0. The Kier molecular flexibility index (Phi) is 11.7. The lowest BCUT2D eigenvalue weighted by atomic mass is 9.84. The fourth-order valence-electron chi connectivity index (χ4n) is 12.3. The molecule has 424 valence electrons. The van der Waals surface area contributed by atoms with Gasteiger partial charge in [0.2, 0.25) is 0 Å². The van der Waals surface area contributed by atoms with Crippen molar-refractivity contribution in [3.8, 4) is 92.0 Å². The van der Waals surface area contributed by atoms with Crippen LogP contribution in [-0.4, -0.2) is 75.6 Å². The molecule has 0 saturated carbocycles. The van der Waals surface area contributed by atoms with Crippen molar-refractivity contribution in [1.82, 2.24) is 18.8 Å². The van der Waals surface area contributed by atoms with E-state index in [1.54, 1.807) is 136 Å². The zero-order chi connectivity index (χ0) is 58.8. The van der Waals surface area contributed by atoms with Crippen LogP contribution in [0.5, 0.6) is 92.0 Å². The highest BCUT2D eigenvalue weighted by atomic mass is 16.5. The maximum atomic E-state index is 15.9. The summed E-state index contributed by atoms with van der Waals surface area (Å²) in [6.45, 7) is 0. The van der Waals surface area contributed by atoms with Crippen LogP contribution in [0.15, 0.2) is 155 Å². The molecule has 0 aliphatic heterocycles. The monoisotopic (exact) mass is 1140 g/mol. The van der Waals surface area contributed by atoms with Crippen LogP contribution in [0.3, 0.4) is 0 Å². The van der Waals surface area contributed by atoms with E-state index in [9.17, 15) is 0 Å². The molecule has 0 radical (unpaired) electrons. The van der Waals surface area contributed by atoms with Gasteiger partial charge < -0.3 is 56.8 Å². The number of fused-ring (bicyclic) bond motifs is 10. The summed E-state index contributed by atoms with van der Waals surface area (Å²) in [5.74, 6) is 5.88. The number of ether oxygens (including phenoxy) is 12. The summed E-state index contributed by atoms with van der Waals surface area (Å²) in [4.78, 5) is 42.1. The van der Waals surface area contributed by atoms with Crippen LogP contribution >= 0.6 is 0 Å². The fraction of sp³-hybridized carbons (Fsp3) is 0.118. The summed E-state index contributed by atoms with van der Waals surface area (Å²) in [5.41, 5.74) is 2.37. The van der Waals surface area contributed by atoms with E-state index in [1.807, 2.05) is 60.7 Å². The van der Waals surface area contributed by atoms with Crippen LogP contribution in [-0.2, 0) is 0 Å². The van der Waals surface area contributed by atoms with Crippen molar-refractivity contribution in [2.75, 3.05) is 56.9 Å². The quantitative estimate of drug-likeness (QED) is 0.0658. The Morgan fingerprint density at radius 3 is 0.849 bits per heavy atom. The number of rotatable bonds is 16. The van der Waals surface area contributed by atoms with Gasteiger partial charge in [-0.1, -0.05) is 24.3 Å². The maximum Gasteiger partial charge on any atom is 0.264 e. The Labute approximate surface area is 486 Å². The molecule has 0 aliphatic carbocycles. The Hall–Kier alpha value is -11.4. The van der Waals surface area contributed by atoms with Crippen LogP contribution in [0.1, 0.15) is 0 Å². The summed E-state index contributed by atoms with van der Waals surface area (Å²) in [5, 5.41) is 5.56. The van der Waals surface area contributed by atoms with E-state index in [-0.39, 0.29) is 33.4 Å². The highest BCUT2D eigenvalue weighted by molar-refractivity contribution is 6.45. The van der Waals surface area contributed by atoms with Gasteiger partial charge in [-0.05, 0) is 97.1 Å². The number of hydrogen-bond donors (Lipinski definition) is 0. The molecule has 4 aromatic heterocycles. The molecule has 86 heavy (non-hydrogen) atoms. The lowest BCUT2D eigenvalue weighted by Gasteiger charge is -2.25. The second-order valence-corrected chi connectivity index (χ2v) is 20.3. The van der Waals surface area contributed by atoms with Crippen molar-refractivity contribution >= 4 is 98.0 Å². The predicted molar refractivity (Wildman–Crippen MR) is 329 cm³/mol. The van der Waals surface area contributed by atoms with Crippen LogP contribution in [0.4, 0.5) is 0 Å². The van der Waals surface area contributed by atoms with Crippen LogP contribution in [0, 0.1) is 0 Å². The number of pyridine rings is 2. The Balaban J connectivity index is 1.22. The first-order valence-electron chi connectivity index (χ1n) is 27.1. The molecule has 0 atom stereocenters. The molecule has 0 N–H and O–H groups in total. The lowest BCUT2D eigenvalue weighted by Crippen LogP contribution is -2.15. The zero-order valence-electron chi connectivity index (χ0n) is 47.4. The minimum absolute atomic E-state index is 0.219. The first-order chi connectivity index (χ1) is 42.1. The highest BCUT2D eigenvalue weighted by Gasteiger charge is 2.33. The van der Waals surface area contributed by atoms with Gasteiger partial charge in [0, 0.05) is 78.1 Å². The molecule has 0 saturated heterocycles. The number of para-hydroxylation sites is 4. The number of nitrogens with zero attached hydrogens (tertiary/aromatic N) is 4. The fourth-order valence-corrected chi connectivity index (χ4v) is 12.3. The van der Waals surface area contributed by atoms with E-state index in [0.29, 0.717) is 168 Å². The number of imidazole rings is 2. The average molecular weight is 1150 g/mol. The molecule has 18 nitrogen and oxygen atoms in total. The molecule has 11 aromatic carbocycles. The van der Waals surface area contributed by atoms with Crippen molar-refractivity contribution in [2.45, 2.75) is 0 Å². The molecule has 15 aromatic rings. The summed E-state index contributed by atoms with van der Waals surface area (Å²) in [6, 6.07) is 43.2. The first kappa shape index (κ1) is 51.5. The van der Waals surface area contributed by atoms with Crippen LogP contribution in [0.25, 0.3) is 98.0 Å². The third kappa shape index (κ3) is 7.51. The number of benzene rings is 11. The van der Waals surface area contributed by atoms with Crippen molar-refractivity contribution in [3.63, 3.8) is 0 Å². The van der Waals surface area contributed by atoms with Gasteiger partial charge in [-0.3, -0.25) is 18.4 Å². The van der Waals surface area contributed by atoms with E-state index in [4.69, 9.17) is 66.8 Å². The van der Waals surface area contributed by atoms with Crippen molar-refractivity contribution in [2.24, 2.45) is 0 Å². The predicted octanol–water partition coefficient (Wildman–Crippen LogP) is 14.5. The van der Waals surface area contributed by atoms with E-state index < -0.39 is 0 Å². The molecule has 4 heterocycles. The number of hydrogen-bond acceptors (Lipinski definition) is 16. The van der Waals surface area contributed by atoms with Crippen molar-refractivity contribution in [1.29, 1.82) is 0 Å². The van der Waals surface area contributed by atoms with Gasteiger partial charge in [0.1, 0.15) is 57.3 Å². The normalized spacial score (nSPS) is 11.8. The van der Waals surface area contributed by atoms with Gasteiger partial charge in [0.15, 0.2) is 46.0 Å². The van der Waals surface area contributed by atoms with Crippen LogP contribution in [0.2, 0.25) is 0 Å². The summed E-state index contributed by atoms with van der Waals surface area (Å²) in [6.07, 6.45) is 0. The number of aromatic nitrogens is 4. The third-order valence-electron chi connectivity index (χ3n) is 16.0. The zero-order valence-corrected chi connectivity index (χ0v) is 47.4. The van der Waals surface area contributed by atoms with Crippen molar-refractivity contribution in [3.05, 3.63) is 166 Å². The van der Waals surface area contributed by atoms with E-state index in [2.05, 4.69) is 0 Å². The largest absolute Gasteiger partial charge is 0.493 e. The van der Waals surface area contributed by atoms with Crippen molar-refractivity contribution < 1.29 is 56.8 Å². The average Bonchev–Trinajstić information content (AvgIpc) is 0.932. The Morgan fingerprint density at radius 1 is 0.279 bits per heavy atom. The number of methoxy groups -OCH3 is 8. The molecule has 0 spiro atoms.